The molecule has 10 nitrogen and oxygen atoms in total. The molecule has 0 bridgehead atoms. The number of aromatic nitrogens is 4. The summed E-state index contributed by atoms with van der Waals surface area (Å²) in [5, 5.41) is 9.30. The zero-order valence-electron chi connectivity index (χ0n) is 23.4. The minimum atomic E-state index is -1.02. The van der Waals surface area contributed by atoms with Crippen LogP contribution >= 0.6 is 11.6 Å². The maximum Gasteiger partial charge on any atom is 0.328 e. The van der Waals surface area contributed by atoms with E-state index in [4.69, 9.17) is 40.9 Å². The highest BCUT2D eigenvalue weighted by atomic mass is 35.5. The zero-order valence-corrected chi connectivity index (χ0v) is 24.1. The summed E-state index contributed by atoms with van der Waals surface area (Å²) in [6, 6.07) is 13.4. The van der Waals surface area contributed by atoms with Gasteiger partial charge in [0, 0.05) is 36.9 Å². The fourth-order valence-electron chi connectivity index (χ4n) is 5.16. The van der Waals surface area contributed by atoms with E-state index in [9.17, 15) is 9.18 Å². The van der Waals surface area contributed by atoms with Gasteiger partial charge in [0.05, 0.1) is 30.6 Å². The standard InChI is InChI=1S/C31H31ClFN5O5/c32-20-4-8-27(25(33)16-20)42-19-22-2-1-3-29(34-22)43-23-10-13-37(14-11-23)18-28-36-26-7-5-21(6-9-30(39)40)35-31(26)38(28)17-24-12-15-41-24/h1-9,16,23-24H,10-15,17-19H2,(H,39,40)/b9-6+/t24-/m0/s1. The topological polar surface area (TPSA) is 112 Å². The number of piperidine rings is 1. The minimum absolute atomic E-state index is 0.0149. The van der Waals surface area contributed by atoms with Crippen LogP contribution in [0, 0.1) is 5.82 Å². The molecule has 0 radical (unpaired) electrons. The van der Waals surface area contributed by atoms with Gasteiger partial charge in [0.15, 0.2) is 17.2 Å². The van der Waals surface area contributed by atoms with E-state index in [-0.39, 0.29) is 24.6 Å². The highest BCUT2D eigenvalue weighted by molar-refractivity contribution is 6.30. The lowest BCUT2D eigenvalue weighted by molar-refractivity contribution is -0.131. The van der Waals surface area contributed by atoms with Gasteiger partial charge in [-0.15, -0.1) is 0 Å². The lowest BCUT2D eigenvalue weighted by Crippen LogP contribution is -2.39. The van der Waals surface area contributed by atoms with Gasteiger partial charge in [0.2, 0.25) is 5.88 Å². The fourth-order valence-corrected chi connectivity index (χ4v) is 5.32. The molecule has 3 aromatic heterocycles. The van der Waals surface area contributed by atoms with E-state index in [1.54, 1.807) is 12.1 Å². The summed E-state index contributed by atoms with van der Waals surface area (Å²) in [4.78, 5) is 27.4. The second kappa shape index (κ2) is 13.1. The molecule has 5 heterocycles. The Morgan fingerprint density at radius 3 is 2.70 bits per heavy atom. The van der Waals surface area contributed by atoms with E-state index in [2.05, 4.69) is 14.5 Å². The van der Waals surface area contributed by atoms with Crippen molar-refractivity contribution < 1.29 is 28.5 Å². The number of likely N-dealkylation sites (tertiary alicyclic amines) is 1. The van der Waals surface area contributed by atoms with Crippen molar-refractivity contribution in [2.45, 2.75) is 51.2 Å². The van der Waals surface area contributed by atoms with Gasteiger partial charge in [-0.2, -0.15) is 0 Å². The van der Waals surface area contributed by atoms with Crippen LogP contribution in [0.5, 0.6) is 11.6 Å². The molecule has 0 spiro atoms. The number of benzene rings is 1. The predicted octanol–water partition coefficient (Wildman–Crippen LogP) is 5.13. The van der Waals surface area contributed by atoms with Gasteiger partial charge in [-0.1, -0.05) is 17.7 Å². The number of ether oxygens (including phenoxy) is 3. The van der Waals surface area contributed by atoms with E-state index in [1.807, 2.05) is 24.3 Å². The van der Waals surface area contributed by atoms with Gasteiger partial charge in [-0.3, -0.25) is 4.90 Å². The lowest BCUT2D eigenvalue weighted by atomic mass is 10.1. The Morgan fingerprint density at radius 1 is 1.12 bits per heavy atom. The van der Waals surface area contributed by atoms with Crippen molar-refractivity contribution in [3.8, 4) is 11.6 Å². The Bertz CT molecular complexity index is 1630. The van der Waals surface area contributed by atoms with E-state index < -0.39 is 11.8 Å². The summed E-state index contributed by atoms with van der Waals surface area (Å²) in [5.41, 5.74) is 2.70. The first kappa shape index (κ1) is 29.0. The van der Waals surface area contributed by atoms with Crippen LogP contribution in [0.3, 0.4) is 0 Å². The monoisotopic (exact) mass is 607 g/mol. The van der Waals surface area contributed by atoms with Gasteiger partial charge in [0.25, 0.3) is 0 Å². The van der Waals surface area contributed by atoms with Crippen LogP contribution < -0.4 is 9.47 Å². The highest BCUT2D eigenvalue weighted by Gasteiger charge is 2.26. The normalized spacial score (nSPS) is 17.8. The molecule has 1 atom stereocenters. The van der Waals surface area contributed by atoms with Gasteiger partial charge in [-0.05, 0) is 61.7 Å². The maximum absolute atomic E-state index is 14.0. The molecule has 1 N–H and O–H groups in total. The molecular weight excluding hydrogens is 577 g/mol. The second-order valence-corrected chi connectivity index (χ2v) is 11.0. The molecule has 0 amide bonds. The van der Waals surface area contributed by atoms with Crippen LogP contribution in [0.4, 0.5) is 4.39 Å². The number of hydrogen-bond donors (Lipinski definition) is 1. The van der Waals surface area contributed by atoms with Crippen LogP contribution in [0.15, 0.2) is 54.6 Å². The molecule has 2 aliphatic heterocycles. The summed E-state index contributed by atoms with van der Waals surface area (Å²) in [5.74, 6) is -0.00690. The van der Waals surface area contributed by atoms with Gasteiger partial charge in [0.1, 0.15) is 24.1 Å². The summed E-state index contributed by atoms with van der Waals surface area (Å²) >= 11 is 5.81. The summed E-state index contributed by atoms with van der Waals surface area (Å²) in [6.45, 7) is 3.82. The third-order valence-electron chi connectivity index (χ3n) is 7.51. The predicted molar refractivity (Wildman–Crippen MR) is 157 cm³/mol. The number of aliphatic carboxylic acids is 1. The lowest BCUT2D eigenvalue weighted by Gasteiger charge is -2.32. The maximum atomic E-state index is 14.0. The van der Waals surface area contributed by atoms with Crippen molar-refractivity contribution in [3.05, 3.63) is 82.7 Å². The molecular formula is C31H31ClFN5O5. The third kappa shape index (κ3) is 7.30. The zero-order chi connectivity index (χ0) is 29.8. The molecule has 12 heteroatoms. The first-order valence-corrected chi connectivity index (χ1v) is 14.6. The Labute approximate surface area is 252 Å². The SMILES string of the molecule is O=C(O)/C=C/c1ccc2nc(CN3CCC(Oc4cccc(COc5ccc(Cl)cc5F)n4)CC3)n(C[C@@H]3CCO3)c2n1. The summed E-state index contributed by atoms with van der Waals surface area (Å²) in [6.07, 6.45) is 5.34. The Kier molecular flexibility index (Phi) is 8.82. The quantitative estimate of drug-likeness (QED) is 0.232. The van der Waals surface area contributed by atoms with Crippen molar-refractivity contribution in [2.24, 2.45) is 0 Å². The van der Waals surface area contributed by atoms with Crippen molar-refractivity contribution in [3.63, 3.8) is 0 Å². The van der Waals surface area contributed by atoms with Crippen molar-refractivity contribution in [2.75, 3.05) is 19.7 Å². The first-order chi connectivity index (χ1) is 20.9. The Hall–Kier alpha value is -4.06. The number of rotatable bonds is 11. The van der Waals surface area contributed by atoms with Crippen molar-refractivity contribution >= 4 is 34.8 Å². The van der Waals surface area contributed by atoms with Crippen LogP contribution in [0.2, 0.25) is 5.02 Å². The molecule has 2 aliphatic rings. The molecule has 4 aromatic rings. The largest absolute Gasteiger partial charge is 0.484 e. The number of carboxylic acid groups (broad SMARTS) is 1. The van der Waals surface area contributed by atoms with Gasteiger partial charge in [-0.25, -0.2) is 24.1 Å². The van der Waals surface area contributed by atoms with Crippen LogP contribution in [0.25, 0.3) is 17.2 Å². The summed E-state index contributed by atoms with van der Waals surface area (Å²) < 4.78 is 33.6. The molecule has 224 valence electrons. The third-order valence-corrected chi connectivity index (χ3v) is 7.74. The number of carbonyl (C=O) groups is 1. The Morgan fingerprint density at radius 2 is 1.95 bits per heavy atom. The van der Waals surface area contributed by atoms with Crippen LogP contribution in [-0.4, -0.2) is 67.4 Å². The number of hydrogen-bond acceptors (Lipinski definition) is 8. The Balaban J connectivity index is 1.07. The molecule has 43 heavy (non-hydrogen) atoms. The average Bonchev–Trinajstić information content (AvgIpc) is 3.30. The summed E-state index contributed by atoms with van der Waals surface area (Å²) in [7, 11) is 0. The second-order valence-electron chi connectivity index (χ2n) is 10.6. The van der Waals surface area contributed by atoms with E-state index in [0.29, 0.717) is 35.4 Å². The molecule has 6 rings (SSSR count). The van der Waals surface area contributed by atoms with Gasteiger partial charge < -0.3 is 23.9 Å². The molecule has 0 saturated carbocycles. The minimum Gasteiger partial charge on any atom is -0.484 e. The van der Waals surface area contributed by atoms with Crippen molar-refractivity contribution in [1.82, 2.24) is 24.4 Å². The number of fused-ring (bicyclic) bond motifs is 1. The molecule has 2 saturated heterocycles. The van der Waals surface area contributed by atoms with Crippen LogP contribution in [-0.2, 0) is 29.2 Å². The molecule has 0 aliphatic carbocycles. The number of nitrogens with zero attached hydrogens (tertiary/aromatic N) is 5. The average molecular weight is 608 g/mol. The number of imidazole rings is 1. The number of pyridine rings is 2. The number of halogens is 2. The van der Waals surface area contributed by atoms with Crippen LogP contribution in [0.1, 0.15) is 36.5 Å². The first-order valence-electron chi connectivity index (χ1n) is 14.2. The smallest absolute Gasteiger partial charge is 0.328 e. The molecule has 0 unspecified atom stereocenters. The molecule has 2 fully saturated rings. The van der Waals surface area contributed by atoms with E-state index >= 15 is 0 Å². The molecule has 1 aromatic carbocycles. The highest BCUT2D eigenvalue weighted by Crippen LogP contribution is 2.25. The number of carboxylic acids is 1. The van der Waals surface area contributed by atoms with E-state index in [1.165, 1.54) is 18.2 Å². The van der Waals surface area contributed by atoms with Gasteiger partial charge >= 0.3 is 5.97 Å². The van der Waals surface area contributed by atoms with E-state index in [0.717, 1.165) is 62.0 Å². The van der Waals surface area contributed by atoms with Crippen molar-refractivity contribution in [1.29, 1.82) is 0 Å². The fraction of sp³-hybridized carbons (Fsp3) is 0.355.